The summed E-state index contributed by atoms with van der Waals surface area (Å²) in [4.78, 5) is 19.9. The van der Waals surface area contributed by atoms with Crippen molar-refractivity contribution in [3.63, 3.8) is 0 Å². The highest BCUT2D eigenvalue weighted by Gasteiger charge is 2.36. The zero-order valence-corrected chi connectivity index (χ0v) is 20.7. The molecule has 7 heteroatoms. The number of hydrogen-bond acceptors (Lipinski definition) is 5. The normalized spacial score (nSPS) is 15.4. The van der Waals surface area contributed by atoms with E-state index in [1.54, 1.807) is 7.11 Å². The van der Waals surface area contributed by atoms with Gasteiger partial charge in [0.1, 0.15) is 11.6 Å². The number of anilines is 1. The van der Waals surface area contributed by atoms with Crippen LogP contribution in [0.3, 0.4) is 0 Å². The van der Waals surface area contributed by atoms with Crippen LogP contribution in [0, 0.1) is 0 Å². The van der Waals surface area contributed by atoms with Gasteiger partial charge in [0.2, 0.25) is 5.91 Å². The van der Waals surface area contributed by atoms with Gasteiger partial charge >= 0.3 is 0 Å². The molecule has 0 bridgehead atoms. The molecule has 1 amide bonds. The molecule has 0 radical (unpaired) electrons. The first-order chi connectivity index (χ1) is 17.7. The number of aryl methyl sites for hydroxylation is 1. The van der Waals surface area contributed by atoms with Crippen LogP contribution in [0.2, 0.25) is 0 Å². The Hall–Kier alpha value is -4.00. The Balaban J connectivity index is 1.35. The quantitative estimate of drug-likeness (QED) is 0.280. The lowest BCUT2D eigenvalue weighted by Crippen LogP contribution is -2.25. The topological polar surface area (TPSA) is 65.8 Å². The van der Waals surface area contributed by atoms with Gasteiger partial charge in [-0.05, 0) is 49.7 Å². The number of amides is 1. The molecular formula is C29H31N3O4. The second-order valence-electron chi connectivity index (χ2n) is 8.77. The summed E-state index contributed by atoms with van der Waals surface area (Å²) in [7, 11) is 1.64. The van der Waals surface area contributed by atoms with Crippen LogP contribution < -0.4 is 19.1 Å². The molecule has 0 saturated carbocycles. The Labute approximate surface area is 211 Å². The number of methoxy groups -OCH3 is 1. The lowest BCUT2D eigenvalue weighted by molar-refractivity contribution is -0.117. The van der Waals surface area contributed by atoms with Gasteiger partial charge in [0.05, 0.1) is 37.0 Å². The molecule has 2 heterocycles. The van der Waals surface area contributed by atoms with Crippen molar-refractivity contribution in [3.8, 4) is 17.2 Å². The second-order valence-corrected chi connectivity index (χ2v) is 8.77. The highest BCUT2D eigenvalue weighted by Crippen LogP contribution is 2.37. The van der Waals surface area contributed by atoms with Gasteiger partial charge < -0.3 is 23.7 Å². The number of para-hydroxylation sites is 6. The molecule has 0 aliphatic carbocycles. The zero-order chi connectivity index (χ0) is 24.9. The fraction of sp³-hybridized carbons (Fsp3) is 0.310. The van der Waals surface area contributed by atoms with Gasteiger partial charge in [0.15, 0.2) is 11.5 Å². The third-order valence-electron chi connectivity index (χ3n) is 6.48. The summed E-state index contributed by atoms with van der Waals surface area (Å²) in [5.41, 5.74) is 2.84. The van der Waals surface area contributed by atoms with Crippen molar-refractivity contribution in [1.82, 2.24) is 9.55 Å². The summed E-state index contributed by atoms with van der Waals surface area (Å²) in [5, 5.41) is 0. The molecule has 1 atom stereocenters. The molecule has 36 heavy (non-hydrogen) atoms. The molecule has 1 fully saturated rings. The lowest BCUT2D eigenvalue weighted by Gasteiger charge is -2.20. The van der Waals surface area contributed by atoms with Crippen molar-refractivity contribution >= 4 is 22.6 Å². The van der Waals surface area contributed by atoms with E-state index < -0.39 is 0 Å². The Bertz CT molecular complexity index is 1350. The lowest BCUT2D eigenvalue weighted by atomic mass is 10.1. The highest BCUT2D eigenvalue weighted by molar-refractivity contribution is 5.97. The Kier molecular flexibility index (Phi) is 7.07. The molecule has 1 saturated heterocycles. The SMILES string of the molecule is CCOc1ccccc1N1C[C@H](c2nc3ccccc3n2CCCOc2ccccc2OC)CC1=O. The molecule has 0 spiro atoms. The monoisotopic (exact) mass is 485 g/mol. The number of rotatable bonds is 10. The molecule has 4 aromatic rings. The first kappa shape index (κ1) is 23.7. The smallest absolute Gasteiger partial charge is 0.227 e. The van der Waals surface area contributed by atoms with E-state index in [4.69, 9.17) is 19.2 Å². The van der Waals surface area contributed by atoms with Gasteiger partial charge in [0, 0.05) is 25.4 Å². The molecular weight excluding hydrogens is 454 g/mol. The highest BCUT2D eigenvalue weighted by atomic mass is 16.5. The average Bonchev–Trinajstić information content (AvgIpc) is 3.47. The van der Waals surface area contributed by atoms with Crippen molar-refractivity contribution < 1.29 is 19.0 Å². The van der Waals surface area contributed by atoms with E-state index in [1.165, 1.54) is 0 Å². The predicted octanol–water partition coefficient (Wildman–Crippen LogP) is 5.43. The number of fused-ring (bicyclic) bond motifs is 1. The Morgan fingerprint density at radius 3 is 2.44 bits per heavy atom. The van der Waals surface area contributed by atoms with Crippen LogP contribution in [-0.4, -0.2) is 42.3 Å². The number of benzene rings is 3. The maximum absolute atomic E-state index is 13.1. The molecule has 1 aliphatic heterocycles. The molecule has 1 aromatic heterocycles. The minimum absolute atomic E-state index is 0.00489. The summed E-state index contributed by atoms with van der Waals surface area (Å²) < 4.78 is 19.4. The number of nitrogens with zero attached hydrogens (tertiary/aromatic N) is 3. The van der Waals surface area contributed by atoms with E-state index in [0.717, 1.165) is 52.8 Å². The van der Waals surface area contributed by atoms with E-state index in [-0.39, 0.29) is 11.8 Å². The number of carbonyl (C=O) groups excluding carboxylic acids is 1. The van der Waals surface area contributed by atoms with E-state index in [0.29, 0.717) is 26.2 Å². The van der Waals surface area contributed by atoms with Crippen molar-refractivity contribution in [2.75, 3.05) is 31.8 Å². The Morgan fingerprint density at radius 1 is 0.917 bits per heavy atom. The van der Waals surface area contributed by atoms with Gasteiger partial charge in [-0.3, -0.25) is 4.79 Å². The maximum atomic E-state index is 13.1. The minimum Gasteiger partial charge on any atom is -0.493 e. The Morgan fingerprint density at radius 2 is 1.64 bits per heavy atom. The molecule has 5 rings (SSSR count). The van der Waals surface area contributed by atoms with E-state index >= 15 is 0 Å². The van der Waals surface area contributed by atoms with Crippen LogP contribution >= 0.6 is 0 Å². The van der Waals surface area contributed by atoms with Crippen LogP contribution in [0.5, 0.6) is 17.2 Å². The first-order valence-electron chi connectivity index (χ1n) is 12.4. The van der Waals surface area contributed by atoms with Crippen molar-refractivity contribution in [3.05, 3.63) is 78.6 Å². The van der Waals surface area contributed by atoms with Crippen LogP contribution in [0.4, 0.5) is 5.69 Å². The first-order valence-corrected chi connectivity index (χ1v) is 12.4. The fourth-order valence-corrected chi connectivity index (χ4v) is 4.85. The predicted molar refractivity (Wildman–Crippen MR) is 140 cm³/mol. The molecule has 7 nitrogen and oxygen atoms in total. The van der Waals surface area contributed by atoms with Gasteiger partial charge in [-0.25, -0.2) is 4.98 Å². The van der Waals surface area contributed by atoms with Crippen LogP contribution in [0.25, 0.3) is 11.0 Å². The largest absolute Gasteiger partial charge is 0.493 e. The van der Waals surface area contributed by atoms with E-state index in [2.05, 4.69) is 10.6 Å². The molecule has 0 N–H and O–H groups in total. The van der Waals surface area contributed by atoms with E-state index in [1.807, 2.05) is 78.6 Å². The van der Waals surface area contributed by atoms with Crippen LogP contribution in [-0.2, 0) is 11.3 Å². The average molecular weight is 486 g/mol. The number of imidazole rings is 1. The van der Waals surface area contributed by atoms with Crippen molar-refractivity contribution in [2.24, 2.45) is 0 Å². The zero-order valence-electron chi connectivity index (χ0n) is 20.7. The van der Waals surface area contributed by atoms with Crippen LogP contribution in [0.15, 0.2) is 72.8 Å². The number of hydrogen-bond donors (Lipinski definition) is 0. The maximum Gasteiger partial charge on any atom is 0.227 e. The van der Waals surface area contributed by atoms with Crippen molar-refractivity contribution in [2.45, 2.75) is 32.2 Å². The summed E-state index contributed by atoms with van der Waals surface area (Å²) in [6.07, 6.45) is 1.21. The van der Waals surface area contributed by atoms with Gasteiger partial charge in [0.25, 0.3) is 0 Å². The van der Waals surface area contributed by atoms with Gasteiger partial charge in [-0.1, -0.05) is 36.4 Å². The summed E-state index contributed by atoms with van der Waals surface area (Å²) in [5.74, 6) is 3.22. The van der Waals surface area contributed by atoms with E-state index in [9.17, 15) is 4.79 Å². The minimum atomic E-state index is -0.00489. The third kappa shape index (κ3) is 4.73. The summed E-state index contributed by atoms with van der Waals surface area (Å²) in [6.45, 7) is 4.36. The number of aromatic nitrogens is 2. The molecule has 1 aliphatic rings. The standard InChI is InChI=1S/C29H31N3O4/c1-3-35-25-14-7-6-13-24(25)32-20-21(19-28(32)33)29-30-22-11-4-5-12-23(22)31(29)17-10-18-36-27-16-9-8-15-26(27)34-2/h4-9,11-16,21H,3,10,17-20H2,1-2H3/t21-/m1/s1. The molecule has 0 unspecified atom stereocenters. The third-order valence-corrected chi connectivity index (χ3v) is 6.48. The number of carbonyl (C=O) groups is 1. The fourth-order valence-electron chi connectivity index (χ4n) is 4.85. The second kappa shape index (κ2) is 10.7. The molecule has 3 aromatic carbocycles. The number of ether oxygens (including phenoxy) is 3. The van der Waals surface area contributed by atoms with Crippen molar-refractivity contribution in [1.29, 1.82) is 0 Å². The molecule has 186 valence electrons. The summed E-state index contributed by atoms with van der Waals surface area (Å²) in [6, 6.07) is 23.5. The van der Waals surface area contributed by atoms with Crippen LogP contribution in [0.1, 0.15) is 31.5 Å². The summed E-state index contributed by atoms with van der Waals surface area (Å²) >= 11 is 0. The van der Waals surface area contributed by atoms with Gasteiger partial charge in [-0.15, -0.1) is 0 Å². The van der Waals surface area contributed by atoms with Gasteiger partial charge in [-0.2, -0.15) is 0 Å².